The number of primary amides is 1. The lowest BCUT2D eigenvalue weighted by atomic mass is 9.96. The van der Waals surface area contributed by atoms with Gasteiger partial charge in [-0.25, -0.2) is 9.37 Å². The van der Waals surface area contributed by atoms with Gasteiger partial charge in [0.1, 0.15) is 11.6 Å². The molecule has 0 atom stereocenters. The van der Waals surface area contributed by atoms with E-state index in [1.165, 1.54) is 6.07 Å². The number of carbonyl (C=O) groups is 1. The summed E-state index contributed by atoms with van der Waals surface area (Å²) in [6.07, 6.45) is 4.08. The molecule has 3 rings (SSSR count). The number of benzene rings is 1. The zero-order valence-corrected chi connectivity index (χ0v) is 20.9. The summed E-state index contributed by atoms with van der Waals surface area (Å²) in [5.74, 6) is 1.15. The molecule has 1 aliphatic heterocycles. The fraction of sp³-hybridized carbons (Fsp3) is 0.435. The molecule has 0 spiro atoms. The average Bonchev–Trinajstić information content (AvgIpc) is 2.77. The molecule has 4 N–H and O–H groups in total. The minimum atomic E-state index is -0.215. The zero-order chi connectivity index (χ0) is 22.2. The van der Waals surface area contributed by atoms with Gasteiger partial charge >= 0.3 is 0 Å². The number of nitrogens with one attached hydrogen (secondary N) is 2. The lowest BCUT2D eigenvalue weighted by molar-refractivity contribution is -0.122. The van der Waals surface area contributed by atoms with E-state index in [4.69, 9.17) is 5.73 Å². The summed E-state index contributed by atoms with van der Waals surface area (Å²) in [5, 5.41) is 6.65. The van der Waals surface area contributed by atoms with Crippen molar-refractivity contribution in [1.29, 1.82) is 0 Å². The monoisotopic (exact) mass is 554 g/mol. The van der Waals surface area contributed by atoms with Gasteiger partial charge in [-0.2, -0.15) is 0 Å². The van der Waals surface area contributed by atoms with Gasteiger partial charge in [0, 0.05) is 50.9 Å². The topological polar surface area (TPSA) is 95.6 Å². The van der Waals surface area contributed by atoms with Gasteiger partial charge in [0.15, 0.2) is 5.96 Å². The Morgan fingerprint density at radius 1 is 1.25 bits per heavy atom. The number of aromatic nitrogens is 1. The molecular weight excluding hydrogens is 522 g/mol. The summed E-state index contributed by atoms with van der Waals surface area (Å²) < 4.78 is 13.3. The molecule has 1 fully saturated rings. The molecular formula is C23H32FIN6O. The molecule has 0 radical (unpaired) electrons. The number of rotatable bonds is 7. The van der Waals surface area contributed by atoms with E-state index in [-0.39, 0.29) is 41.6 Å². The Morgan fingerprint density at radius 3 is 2.66 bits per heavy atom. The molecule has 9 heteroatoms. The fourth-order valence-electron chi connectivity index (χ4n) is 3.88. The first-order valence-corrected chi connectivity index (χ1v) is 10.7. The van der Waals surface area contributed by atoms with Crippen molar-refractivity contribution in [2.75, 3.05) is 31.6 Å². The third kappa shape index (κ3) is 7.04. The fourth-order valence-corrected chi connectivity index (χ4v) is 3.88. The quantitative estimate of drug-likeness (QED) is 0.278. The SMILES string of the molecule is CN=C(NCCc1ccc(F)cc1C)NCc1cccnc1N1CCC(C(N)=O)CC1.I. The summed E-state index contributed by atoms with van der Waals surface area (Å²) in [7, 11) is 1.73. The average molecular weight is 554 g/mol. The van der Waals surface area contributed by atoms with Crippen molar-refractivity contribution >= 4 is 41.7 Å². The molecule has 0 aliphatic carbocycles. The van der Waals surface area contributed by atoms with Gasteiger partial charge in [0.25, 0.3) is 0 Å². The van der Waals surface area contributed by atoms with Gasteiger partial charge in [0.2, 0.25) is 5.91 Å². The van der Waals surface area contributed by atoms with Crippen LogP contribution in [0.4, 0.5) is 10.2 Å². The first-order valence-electron chi connectivity index (χ1n) is 10.7. The van der Waals surface area contributed by atoms with Crippen LogP contribution in [0.5, 0.6) is 0 Å². The maximum absolute atomic E-state index is 13.3. The van der Waals surface area contributed by atoms with Crippen LogP contribution in [0.3, 0.4) is 0 Å². The molecule has 1 aromatic carbocycles. The summed E-state index contributed by atoms with van der Waals surface area (Å²) >= 11 is 0. The number of carbonyl (C=O) groups excluding carboxylic acids is 1. The molecule has 7 nitrogen and oxygen atoms in total. The van der Waals surface area contributed by atoms with Gasteiger partial charge in [-0.15, -0.1) is 24.0 Å². The molecule has 0 unspecified atom stereocenters. The molecule has 32 heavy (non-hydrogen) atoms. The third-order valence-electron chi connectivity index (χ3n) is 5.73. The van der Waals surface area contributed by atoms with Gasteiger partial charge in [-0.1, -0.05) is 12.1 Å². The summed E-state index contributed by atoms with van der Waals surface area (Å²) in [6, 6.07) is 8.84. The number of pyridine rings is 1. The van der Waals surface area contributed by atoms with Gasteiger partial charge in [-0.3, -0.25) is 9.79 Å². The molecule has 1 saturated heterocycles. The van der Waals surface area contributed by atoms with Crippen molar-refractivity contribution in [1.82, 2.24) is 15.6 Å². The van der Waals surface area contributed by atoms with Crippen LogP contribution in [0.25, 0.3) is 0 Å². The lowest BCUT2D eigenvalue weighted by Gasteiger charge is -2.32. The van der Waals surface area contributed by atoms with Crippen molar-refractivity contribution < 1.29 is 9.18 Å². The van der Waals surface area contributed by atoms with E-state index in [0.717, 1.165) is 54.9 Å². The van der Waals surface area contributed by atoms with Crippen molar-refractivity contribution in [2.45, 2.75) is 32.7 Å². The highest BCUT2D eigenvalue weighted by atomic mass is 127. The van der Waals surface area contributed by atoms with Crippen LogP contribution in [0.1, 0.15) is 29.5 Å². The van der Waals surface area contributed by atoms with Crippen molar-refractivity contribution in [3.8, 4) is 0 Å². The highest BCUT2D eigenvalue weighted by molar-refractivity contribution is 14.0. The number of hydrogen-bond acceptors (Lipinski definition) is 4. The van der Waals surface area contributed by atoms with Crippen LogP contribution >= 0.6 is 24.0 Å². The molecule has 0 saturated carbocycles. The van der Waals surface area contributed by atoms with Crippen molar-refractivity contribution in [2.24, 2.45) is 16.6 Å². The maximum atomic E-state index is 13.3. The largest absolute Gasteiger partial charge is 0.369 e. The first-order chi connectivity index (χ1) is 15.0. The Hall–Kier alpha value is -2.43. The maximum Gasteiger partial charge on any atom is 0.220 e. The minimum absolute atomic E-state index is 0. The van der Waals surface area contributed by atoms with Crippen LogP contribution in [0.2, 0.25) is 0 Å². The Labute approximate surface area is 206 Å². The molecule has 1 amide bonds. The number of aryl methyl sites for hydroxylation is 1. The standard InChI is InChI=1S/C23H31FN6O.HI/c1-16-14-20(24)6-5-17(16)7-11-28-23(26-2)29-15-19-4-3-10-27-22(19)30-12-8-18(9-13-30)21(25)31;/h3-6,10,14,18H,7-9,11-13,15H2,1-2H3,(H2,25,31)(H2,26,28,29);1H. The Balaban J connectivity index is 0.00000363. The number of hydrogen-bond donors (Lipinski definition) is 3. The lowest BCUT2D eigenvalue weighted by Crippen LogP contribution is -2.40. The number of nitrogens with two attached hydrogens (primary N) is 1. The normalized spacial score (nSPS) is 14.6. The number of halogens is 2. The summed E-state index contributed by atoms with van der Waals surface area (Å²) in [5.41, 5.74) is 8.57. The van der Waals surface area contributed by atoms with E-state index in [2.05, 4.69) is 25.5 Å². The van der Waals surface area contributed by atoms with Crippen LogP contribution in [0.15, 0.2) is 41.5 Å². The number of guanidine groups is 1. The molecule has 174 valence electrons. The first kappa shape index (κ1) is 25.8. The Bertz CT molecular complexity index is 930. The number of anilines is 1. The Morgan fingerprint density at radius 2 is 2.00 bits per heavy atom. The predicted molar refractivity (Wildman–Crippen MR) is 137 cm³/mol. The number of aliphatic imine (C=N–C) groups is 1. The molecule has 0 bridgehead atoms. The van der Waals surface area contributed by atoms with Crippen LogP contribution in [-0.2, 0) is 17.8 Å². The van der Waals surface area contributed by atoms with Gasteiger partial charge in [-0.05, 0) is 55.5 Å². The van der Waals surface area contributed by atoms with Crippen molar-refractivity contribution in [3.63, 3.8) is 0 Å². The number of nitrogens with zero attached hydrogens (tertiary/aromatic N) is 3. The van der Waals surface area contributed by atoms with Crippen LogP contribution < -0.4 is 21.3 Å². The van der Waals surface area contributed by atoms with Crippen molar-refractivity contribution in [3.05, 3.63) is 59.0 Å². The van der Waals surface area contributed by atoms with Gasteiger partial charge < -0.3 is 21.3 Å². The summed E-state index contributed by atoms with van der Waals surface area (Å²) in [4.78, 5) is 22.5. The van der Waals surface area contributed by atoms with Crippen LogP contribution in [0, 0.1) is 18.7 Å². The second kappa shape index (κ2) is 12.6. The Kier molecular flexibility index (Phi) is 10.1. The molecule has 2 aromatic rings. The molecule has 1 aliphatic rings. The smallest absolute Gasteiger partial charge is 0.220 e. The summed E-state index contributed by atoms with van der Waals surface area (Å²) in [6.45, 7) is 4.71. The third-order valence-corrected chi connectivity index (χ3v) is 5.73. The second-order valence-corrected chi connectivity index (χ2v) is 7.82. The van der Waals surface area contributed by atoms with E-state index >= 15 is 0 Å². The molecule has 2 heterocycles. The highest BCUT2D eigenvalue weighted by Gasteiger charge is 2.24. The number of amides is 1. The van der Waals surface area contributed by atoms with E-state index in [0.29, 0.717) is 19.0 Å². The highest BCUT2D eigenvalue weighted by Crippen LogP contribution is 2.24. The van der Waals surface area contributed by atoms with Crippen LogP contribution in [-0.4, -0.2) is 43.5 Å². The second-order valence-electron chi connectivity index (χ2n) is 7.82. The van der Waals surface area contributed by atoms with E-state index in [1.807, 2.05) is 25.1 Å². The number of piperidine rings is 1. The minimum Gasteiger partial charge on any atom is -0.369 e. The van der Waals surface area contributed by atoms with E-state index < -0.39 is 0 Å². The van der Waals surface area contributed by atoms with Gasteiger partial charge in [0.05, 0.1) is 0 Å². The molecule has 1 aromatic heterocycles. The van der Waals surface area contributed by atoms with E-state index in [9.17, 15) is 9.18 Å². The predicted octanol–water partition coefficient (Wildman–Crippen LogP) is 2.76. The zero-order valence-electron chi connectivity index (χ0n) is 18.6. The van der Waals surface area contributed by atoms with E-state index in [1.54, 1.807) is 19.3 Å².